The molecule has 1 aliphatic rings. The lowest BCUT2D eigenvalue weighted by molar-refractivity contribution is 0.144. The third-order valence-corrected chi connectivity index (χ3v) is 3.73. The number of halogens is 1. The molecular formula is C15H17FN2O2. The van der Waals surface area contributed by atoms with Crippen molar-refractivity contribution < 1.29 is 13.9 Å². The Hall–Kier alpha value is -1.72. The monoisotopic (exact) mass is 276 g/mol. The lowest BCUT2D eigenvalue weighted by atomic mass is 10.2. The van der Waals surface area contributed by atoms with Gasteiger partial charge in [0.2, 0.25) is 5.89 Å². The summed E-state index contributed by atoms with van der Waals surface area (Å²) >= 11 is 0. The maximum Gasteiger partial charge on any atom is 0.209 e. The fourth-order valence-electron chi connectivity index (χ4n) is 2.61. The van der Waals surface area contributed by atoms with Gasteiger partial charge in [-0.25, -0.2) is 9.37 Å². The number of rotatable bonds is 4. The summed E-state index contributed by atoms with van der Waals surface area (Å²) in [6.45, 7) is 1.73. The molecule has 2 heterocycles. The molecule has 1 saturated heterocycles. The molecule has 1 atom stereocenters. The van der Waals surface area contributed by atoms with E-state index in [-0.39, 0.29) is 18.5 Å². The number of oxazole rings is 1. The minimum Gasteiger partial charge on any atom is -0.439 e. The van der Waals surface area contributed by atoms with Gasteiger partial charge in [-0.05, 0) is 43.7 Å². The molecule has 106 valence electrons. The zero-order valence-electron chi connectivity index (χ0n) is 11.1. The molecule has 0 aliphatic carbocycles. The topological polar surface area (TPSA) is 49.5 Å². The Bertz CT molecular complexity index is 568. The van der Waals surface area contributed by atoms with Crippen LogP contribution in [0.3, 0.4) is 0 Å². The van der Waals surface area contributed by atoms with Crippen LogP contribution >= 0.6 is 0 Å². The van der Waals surface area contributed by atoms with E-state index in [0.717, 1.165) is 24.9 Å². The van der Waals surface area contributed by atoms with Gasteiger partial charge < -0.3 is 9.52 Å². The zero-order valence-corrected chi connectivity index (χ0v) is 11.1. The first kappa shape index (κ1) is 13.3. The van der Waals surface area contributed by atoms with E-state index in [1.165, 1.54) is 12.1 Å². The van der Waals surface area contributed by atoms with Crippen LogP contribution in [0.25, 0.3) is 11.3 Å². The number of likely N-dealkylation sites (tertiary alicyclic amines) is 1. The van der Waals surface area contributed by atoms with E-state index in [1.807, 2.05) is 0 Å². The second kappa shape index (κ2) is 5.73. The maximum atomic E-state index is 12.9. The van der Waals surface area contributed by atoms with Crippen LogP contribution in [0.5, 0.6) is 0 Å². The van der Waals surface area contributed by atoms with Crippen LogP contribution in [-0.2, 0) is 6.54 Å². The molecule has 0 amide bonds. The Morgan fingerprint density at radius 3 is 2.90 bits per heavy atom. The molecule has 1 N–H and O–H groups in total. The van der Waals surface area contributed by atoms with Crippen molar-refractivity contribution in [2.45, 2.75) is 25.4 Å². The van der Waals surface area contributed by atoms with Gasteiger partial charge in [-0.15, -0.1) is 0 Å². The third-order valence-electron chi connectivity index (χ3n) is 3.73. The molecule has 0 spiro atoms. The summed E-state index contributed by atoms with van der Waals surface area (Å²) in [7, 11) is 0. The van der Waals surface area contributed by atoms with Crippen molar-refractivity contribution in [2.75, 3.05) is 13.2 Å². The van der Waals surface area contributed by atoms with Gasteiger partial charge in [-0.1, -0.05) is 0 Å². The third kappa shape index (κ3) is 2.73. The van der Waals surface area contributed by atoms with Gasteiger partial charge in [0.15, 0.2) is 5.76 Å². The molecule has 1 aliphatic heterocycles. The van der Waals surface area contributed by atoms with Crippen LogP contribution in [0.2, 0.25) is 0 Å². The van der Waals surface area contributed by atoms with Crippen molar-refractivity contribution in [3.8, 4) is 11.3 Å². The highest BCUT2D eigenvalue weighted by Gasteiger charge is 2.25. The van der Waals surface area contributed by atoms with Gasteiger partial charge in [-0.2, -0.15) is 0 Å². The molecule has 0 saturated carbocycles. The lowest BCUT2D eigenvalue weighted by Gasteiger charge is -2.20. The van der Waals surface area contributed by atoms with Gasteiger partial charge >= 0.3 is 0 Å². The summed E-state index contributed by atoms with van der Waals surface area (Å²) in [5, 5.41) is 9.30. The molecule has 1 aromatic carbocycles. The molecule has 3 rings (SSSR count). The molecule has 1 fully saturated rings. The lowest BCUT2D eigenvalue weighted by Crippen LogP contribution is -2.31. The SMILES string of the molecule is OC[C@H]1CCCN1Cc1ncc(-c2ccc(F)cc2)o1. The van der Waals surface area contributed by atoms with E-state index in [0.29, 0.717) is 18.2 Å². The Morgan fingerprint density at radius 2 is 2.15 bits per heavy atom. The second-order valence-corrected chi connectivity index (χ2v) is 5.07. The number of aliphatic hydroxyl groups excluding tert-OH is 1. The van der Waals surface area contributed by atoms with Crippen LogP contribution in [0.15, 0.2) is 34.9 Å². The summed E-state index contributed by atoms with van der Waals surface area (Å²) in [5.41, 5.74) is 0.810. The molecule has 4 nitrogen and oxygen atoms in total. The number of benzene rings is 1. The first-order chi connectivity index (χ1) is 9.76. The average Bonchev–Trinajstić information content (AvgIpc) is 3.09. The van der Waals surface area contributed by atoms with E-state index in [1.54, 1.807) is 18.3 Å². The van der Waals surface area contributed by atoms with Crippen molar-refractivity contribution >= 4 is 0 Å². The predicted molar refractivity (Wildman–Crippen MR) is 72.4 cm³/mol. The highest BCUT2D eigenvalue weighted by molar-refractivity contribution is 5.55. The van der Waals surface area contributed by atoms with Crippen molar-refractivity contribution in [2.24, 2.45) is 0 Å². The summed E-state index contributed by atoms with van der Waals surface area (Å²) in [6, 6.07) is 6.36. The summed E-state index contributed by atoms with van der Waals surface area (Å²) in [4.78, 5) is 6.44. The van der Waals surface area contributed by atoms with Crippen LogP contribution < -0.4 is 0 Å². The fraction of sp³-hybridized carbons (Fsp3) is 0.400. The van der Waals surface area contributed by atoms with Gasteiger partial charge in [0, 0.05) is 11.6 Å². The quantitative estimate of drug-likeness (QED) is 0.932. The first-order valence-corrected chi connectivity index (χ1v) is 6.82. The molecule has 1 aromatic heterocycles. The average molecular weight is 276 g/mol. The molecule has 0 radical (unpaired) electrons. The number of aromatic nitrogens is 1. The molecular weight excluding hydrogens is 259 g/mol. The van der Waals surface area contributed by atoms with Crippen molar-refractivity contribution in [1.82, 2.24) is 9.88 Å². The van der Waals surface area contributed by atoms with E-state index in [9.17, 15) is 9.50 Å². The van der Waals surface area contributed by atoms with E-state index in [4.69, 9.17) is 4.42 Å². The Kier molecular flexibility index (Phi) is 3.80. The highest BCUT2D eigenvalue weighted by Crippen LogP contribution is 2.23. The number of nitrogens with zero attached hydrogens (tertiary/aromatic N) is 2. The number of aliphatic hydroxyl groups is 1. The number of hydrogen-bond acceptors (Lipinski definition) is 4. The van der Waals surface area contributed by atoms with Crippen molar-refractivity contribution in [3.05, 3.63) is 42.2 Å². The molecule has 5 heteroatoms. The van der Waals surface area contributed by atoms with Gasteiger partial charge in [0.05, 0.1) is 19.3 Å². The molecule has 0 bridgehead atoms. The van der Waals surface area contributed by atoms with E-state index in [2.05, 4.69) is 9.88 Å². The van der Waals surface area contributed by atoms with Crippen LogP contribution in [0, 0.1) is 5.82 Å². The van der Waals surface area contributed by atoms with Crippen molar-refractivity contribution in [1.29, 1.82) is 0 Å². The zero-order chi connectivity index (χ0) is 13.9. The number of hydrogen-bond donors (Lipinski definition) is 1. The smallest absolute Gasteiger partial charge is 0.209 e. The normalized spacial score (nSPS) is 19.6. The second-order valence-electron chi connectivity index (χ2n) is 5.07. The molecule has 2 aromatic rings. The summed E-state index contributed by atoms with van der Waals surface area (Å²) in [5.74, 6) is 1.00. The van der Waals surface area contributed by atoms with Crippen LogP contribution in [0.4, 0.5) is 4.39 Å². The maximum absolute atomic E-state index is 12.9. The van der Waals surface area contributed by atoms with Gasteiger partial charge in [-0.3, -0.25) is 4.90 Å². The fourth-order valence-corrected chi connectivity index (χ4v) is 2.61. The Labute approximate surface area is 116 Å². The summed E-state index contributed by atoms with van der Waals surface area (Å²) in [6.07, 6.45) is 3.77. The predicted octanol–water partition coefficient (Wildman–Crippen LogP) is 2.44. The van der Waals surface area contributed by atoms with Crippen LogP contribution in [0.1, 0.15) is 18.7 Å². The van der Waals surface area contributed by atoms with E-state index < -0.39 is 0 Å². The molecule has 0 unspecified atom stereocenters. The van der Waals surface area contributed by atoms with Gasteiger partial charge in [0.1, 0.15) is 5.82 Å². The minimum atomic E-state index is -0.267. The standard InChI is InChI=1S/C15H17FN2O2/c16-12-5-3-11(4-6-12)14-8-17-15(20-14)9-18-7-1-2-13(18)10-19/h3-6,8,13,19H,1-2,7,9-10H2/t13-/m1/s1. The summed E-state index contributed by atoms with van der Waals surface area (Å²) < 4.78 is 18.6. The Balaban J connectivity index is 1.72. The largest absolute Gasteiger partial charge is 0.439 e. The first-order valence-electron chi connectivity index (χ1n) is 6.82. The van der Waals surface area contributed by atoms with Gasteiger partial charge in [0.25, 0.3) is 0 Å². The van der Waals surface area contributed by atoms with E-state index >= 15 is 0 Å². The highest BCUT2D eigenvalue weighted by atomic mass is 19.1. The molecule has 20 heavy (non-hydrogen) atoms. The van der Waals surface area contributed by atoms with Crippen molar-refractivity contribution in [3.63, 3.8) is 0 Å². The Morgan fingerprint density at radius 1 is 1.35 bits per heavy atom. The van der Waals surface area contributed by atoms with Crippen LogP contribution in [-0.4, -0.2) is 34.2 Å². The minimum absolute atomic E-state index is 0.172.